The van der Waals surface area contributed by atoms with Crippen molar-refractivity contribution in [2.24, 2.45) is 11.3 Å². The number of methoxy groups -OCH3 is 1. The second-order valence-electron chi connectivity index (χ2n) is 11.1. The molecule has 0 radical (unpaired) electrons. The molecule has 42 heavy (non-hydrogen) atoms. The first-order chi connectivity index (χ1) is 20.3. The van der Waals surface area contributed by atoms with Crippen LogP contribution in [0.1, 0.15) is 30.9 Å². The molecule has 4 atom stereocenters. The summed E-state index contributed by atoms with van der Waals surface area (Å²) >= 11 is 0. The molecule has 2 fully saturated rings. The van der Waals surface area contributed by atoms with Gasteiger partial charge in [-0.1, -0.05) is 54.6 Å². The summed E-state index contributed by atoms with van der Waals surface area (Å²) in [6.45, 7) is 1.85. The molecular formula is C32H28N4O6. The van der Waals surface area contributed by atoms with Gasteiger partial charge in [-0.05, 0) is 49.2 Å². The summed E-state index contributed by atoms with van der Waals surface area (Å²) in [5.74, 6) is -2.29. The van der Waals surface area contributed by atoms with Gasteiger partial charge in [0.1, 0.15) is 0 Å². The SMILES string of the molecule is COc1cccc([C@H]2C3=CCn4c(=O)n(-c5ccccc5)c(=O)n4[C@@H]3C[C@H]3C(=O)N(c4ccccc4)C(=O)[C@@]23C)c1O. The smallest absolute Gasteiger partial charge is 0.352 e. The molecule has 3 aromatic carbocycles. The Hall–Kier alpha value is -5.12. The minimum Gasteiger partial charge on any atom is -0.504 e. The molecule has 10 nitrogen and oxygen atoms in total. The predicted molar refractivity (Wildman–Crippen MR) is 154 cm³/mol. The average molecular weight is 565 g/mol. The van der Waals surface area contributed by atoms with E-state index in [1.165, 1.54) is 21.4 Å². The van der Waals surface area contributed by atoms with Crippen molar-refractivity contribution in [3.05, 3.63) is 117 Å². The Balaban J connectivity index is 1.46. The number of hydrogen-bond donors (Lipinski definition) is 1. The van der Waals surface area contributed by atoms with Crippen molar-refractivity contribution in [2.45, 2.75) is 31.8 Å². The van der Waals surface area contributed by atoms with Gasteiger partial charge in [0.2, 0.25) is 11.8 Å². The number of aromatic hydroxyl groups is 1. The van der Waals surface area contributed by atoms with E-state index in [2.05, 4.69) is 0 Å². The van der Waals surface area contributed by atoms with Gasteiger partial charge >= 0.3 is 11.4 Å². The first-order valence-corrected chi connectivity index (χ1v) is 13.8. The van der Waals surface area contributed by atoms with E-state index in [1.54, 1.807) is 79.7 Å². The highest BCUT2D eigenvalue weighted by Gasteiger charge is 2.65. The lowest BCUT2D eigenvalue weighted by Gasteiger charge is -2.47. The van der Waals surface area contributed by atoms with Crippen LogP contribution < -0.4 is 21.0 Å². The Morgan fingerprint density at radius 2 is 1.52 bits per heavy atom. The lowest BCUT2D eigenvalue weighted by Crippen LogP contribution is -2.49. The number of hydrogen-bond acceptors (Lipinski definition) is 6. The van der Waals surface area contributed by atoms with Crippen LogP contribution in [0, 0.1) is 11.3 Å². The zero-order valence-corrected chi connectivity index (χ0v) is 23.0. The maximum Gasteiger partial charge on any atom is 0.352 e. The zero-order chi connectivity index (χ0) is 29.3. The third-order valence-electron chi connectivity index (χ3n) is 9.13. The Morgan fingerprint density at radius 3 is 2.19 bits per heavy atom. The number of amides is 2. The van der Waals surface area contributed by atoms with E-state index in [0.717, 1.165) is 4.57 Å². The van der Waals surface area contributed by atoms with Crippen LogP contribution in [0.3, 0.4) is 0 Å². The fourth-order valence-electron chi connectivity index (χ4n) is 7.18. The van der Waals surface area contributed by atoms with Gasteiger partial charge in [0, 0.05) is 11.5 Å². The van der Waals surface area contributed by atoms with Gasteiger partial charge in [-0.15, -0.1) is 0 Å². The van der Waals surface area contributed by atoms with E-state index in [0.29, 0.717) is 22.5 Å². The summed E-state index contributed by atoms with van der Waals surface area (Å²) in [5.41, 5.74) is -0.300. The third kappa shape index (κ3) is 3.32. The van der Waals surface area contributed by atoms with Gasteiger partial charge in [-0.2, -0.15) is 0 Å². The van der Waals surface area contributed by atoms with Crippen LogP contribution in [0.2, 0.25) is 0 Å². The van der Waals surface area contributed by atoms with Crippen LogP contribution in [0.15, 0.2) is 100 Å². The highest BCUT2D eigenvalue weighted by molar-refractivity contribution is 6.24. The van der Waals surface area contributed by atoms with Crippen molar-refractivity contribution in [1.82, 2.24) is 13.9 Å². The molecule has 1 aromatic heterocycles. The normalized spacial score (nSPS) is 24.6. The minimum absolute atomic E-state index is 0.0895. The number of carbonyl (C=O) groups excluding carboxylic acids is 2. The van der Waals surface area contributed by atoms with Crippen LogP contribution in [0.25, 0.3) is 5.69 Å². The van der Waals surface area contributed by atoms with Gasteiger partial charge in [0.25, 0.3) is 0 Å². The third-order valence-corrected chi connectivity index (χ3v) is 9.13. The molecule has 2 amide bonds. The number of nitrogens with zero attached hydrogens (tertiary/aromatic N) is 4. The van der Waals surface area contributed by atoms with Crippen molar-refractivity contribution >= 4 is 17.5 Å². The van der Waals surface area contributed by atoms with Gasteiger partial charge in [-0.25, -0.2) is 28.4 Å². The first kappa shape index (κ1) is 25.8. The number of para-hydroxylation sites is 3. The van der Waals surface area contributed by atoms with Crippen molar-refractivity contribution in [3.63, 3.8) is 0 Å². The van der Waals surface area contributed by atoms with Crippen LogP contribution in [0.5, 0.6) is 11.5 Å². The number of rotatable bonds is 4. The quantitative estimate of drug-likeness (QED) is 0.300. The first-order valence-electron chi connectivity index (χ1n) is 13.8. The maximum atomic E-state index is 14.4. The summed E-state index contributed by atoms with van der Waals surface area (Å²) in [7, 11) is 1.44. The van der Waals surface area contributed by atoms with Crippen LogP contribution in [-0.2, 0) is 16.1 Å². The lowest BCUT2D eigenvalue weighted by atomic mass is 9.56. The fraction of sp³-hybridized carbons (Fsp3) is 0.250. The molecule has 1 N–H and O–H groups in total. The van der Waals surface area contributed by atoms with Gasteiger partial charge < -0.3 is 9.84 Å². The van der Waals surface area contributed by atoms with Gasteiger partial charge in [0.15, 0.2) is 11.5 Å². The van der Waals surface area contributed by atoms with Crippen LogP contribution in [-0.4, -0.2) is 38.0 Å². The number of aromatic nitrogens is 3. The van der Waals surface area contributed by atoms with Crippen LogP contribution in [0.4, 0.5) is 5.69 Å². The number of fused-ring (bicyclic) bond motifs is 4. The van der Waals surface area contributed by atoms with Crippen molar-refractivity contribution in [3.8, 4) is 17.2 Å². The molecular weight excluding hydrogens is 536 g/mol. The van der Waals surface area contributed by atoms with Gasteiger partial charge in [0.05, 0.1) is 42.4 Å². The van der Waals surface area contributed by atoms with E-state index in [1.807, 2.05) is 12.1 Å². The van der Waals surface area contributed by atoms with Gasteiger partial charge in [-0.3, -0.25) is 9.59 Å². The van der Waals surface area contributed by atoms with E-state index < -0.39 is 34.7 Å². The van der Waals surface area contributed by atoms with Crippen molar-refractivity contribution < 1.29 is 19.4 Å². The number of ether oxygens (including phenoxy) is 1. The number of benzene rings is 3. The van der Waals surface area contributed by atoms with E-state index in [-0.39, 0.29) is 36.3 Å². The number of imide groups is 1. The Kier molecular flexibility index (Phi) is 5.66. The minimum atomic E-state index is -1.28. The molecule has 4 aromatic rings. The molecule has 2 aliphatic heterocycles. The summed E-state index contributed by atoms with van der Waals surface area (Å²) in [5, 5.41) is 11.4. The standard InChI is InChI=1S/C32H28N4O6/c1-32-23(28(38)34(29(32)39)19-10-5-3-6-11-19)18-24-21(26(32)22-14-9-15-25(42-2)27(22)37)16-17-33-30(40)35(31(41)36(24)33)20-12-7-4-8-13-20/h3-16,23-24,26,37H,17-18H2,1-2H3/t23-,24+,26+,32+/m0/s1. The molecule has 1 saturated heterocycles. The molecule has 3 aliphatic rings. The lowest BCUT2D eigenvalue weighted by molar-refractivity contribution is -0.129. The Morgan fingerprint density at radius 1 is 0.857 bits per heavy atom. The molecule has 7 rings (SSSR count). The summed E-state index contributed by atoms with van der Waals surface area (Å²) in [6, 6.07) is 21.8. The fourth-order valence-corrected chi connectivity index (χ4v) is 7.18. The average Bonchev–Trinajstić information content (AvgIpc) is 3.38. The molecule has 3 heterocycles. The number of phenolic OH excluding ortho intramolecular Hbond substituents is 1. The molecule has 0 unspecified atom stereocenters. The maximum absolute atomic E-state index is 14.4. The summed E-state index contributed by atoms with van der Waals surface area (Å²) in [4.78, 5) is 57.2. The van der Waals surface area contributed by atoms with E-state index >= 15 is 0 Å². The molecule has 212 valence electrons. The number of anilines is 1. The van der Waals surface area contributed by atoms with Crippen molar-refractivity contribution in [2.75, 3.05) is 12.0 Å². The number of carbonyl (C=O) groups is 2. The topological polar surface area (TPSA) is 116 Å². The molecule has 10 heteroatoms. The van der Waals surface area contributed by atoms with E-state index in [4.69, 9.17) is 4.74 Å². The Labute approximate surface area is 240 Å². The zero-order valence-electron chi connectivity index (χ0n) is 23.0. The number of allylic oxidation sites excluding steroid dienone is 2. The molecule has 0 bridgehead atoms. The second kappa shape index (κ2) is 9.20. The highest BCUT2D eigenvalue weighted by Crippen LogP contribution is 2.62. The largest absolute Gasteiger partial charge is 0.504 e. The summed E-state index contributed by atoms with van der Waals surface area (Å²) in [6.07, 6.45) is 1.99. The van der Waals surface area contributed by atoms with Crippen molar-refractivity contribution in [1.29, 1.82) is 0 Å². The number of phenols is 1. The molecule has 1 saturated carbocycles. The highest BCUT2D eigenvalue weighted by atomic mass is 16.5. The monoisotopic (exact) mass is 564 g/mol. The Bertz CT molecular complexity index is 1900. The van der Waals surface area contributed by atoms with E-state index in [9.17, 15) is 24.3 Å². The molecule has 1 aliphatic carbocycles. The summed E-state index contributed by atoms with van der Waals surface area (Å²) < 4.78 is 9.32. The molecule has 0 spiro atoms. The predicted octanol–water partition coefficient (Wildman–Crippen LogP) is 3.38. The van der Waals surface area contributed by atoms with Crippen LogP contribution >= 0.6 is 0 Å². The second-order valence-corrected chi connectivity index (χ2v) is 11.1.